The van der Waals surface area contributed by atoms with Gasteiger partial charge in [0.15, 0.2) is 0 Å². The maximum atomic E-state index is 11.6. The predicted molar refractivity (Wildman–Crippen MR) is 96.9 cm³/mol. The van der Waals surface area contributed by atoms with Gasteiger partial charge in [-0.25, -0.2) is 0 Å². The van der Waals surface area contributed by atoms with E-state index in [0.717, 1.165) is 12.8 Å². The van der Waals surface area contributed by atoms with E-state index in [4.69, 9.17) is 25.6 Å². The summed E-state index contributed by atoms with van der Waals surface area (Å²) >= 11 is 9.11. The molecule has 1 rings (SSSR count). The van der Waals surface area contributed by atoms with Crippen molar-refractivity contribution in [3.63, 3.8) is 0 Å². The molecule has 0 aromatic heterocycles. The molecule has 1 aliphatic heterocycles. The predicted octanol–water partition coefficient (Wildman–Crippen LogP) is 5.02. The zero-order chi connectivity index (χ0) is 16.3. The first-order valence-electron chi connectivity index (χ1n) is 8.35. The number of hydrogen-bond donors (Lipinski definition) is 1. The Bertz CT molecular complexity index is 365. The lowest BCUT2D eigenvalue weighted by molar-refractivity contribution is -0.145. The first-order valence-corrected chi connectivity index (χ1v) is 12.1. The molecule has 4 nitrogen and oxygen atoms in total. The first-order chi connectivity index (χ1) is 10.5. The van der Waals surface area contributed by atoms with Crippen LogP contribution in [0.15, 0.2) is 0 Å². The Morgan fingerprint density at radius 1 is 1.18 bits per heavy atom. The molecule has 1 heterocycles. The fraction of sp³-hybridized carbons (Fsp3) is 0.933. The monoisotopic (exact) mass is 368 g/mol. The van der Waals surface area contributed by atoms with Gasteiger partial charge in [-0.05, 0) is 18.2 Å². The third-order valence-electron chi connectivity index (χ3n) is 3.62. The maximum absolute atomic E-state index is 11.6. The Kier molecular flexibility index (Phi) is 11.0. The van der Waals surface area contributed by atoms with Crippen molar-refractivity contribution in [2.45, 2.75) is 77.2 Å². The lowest BCUT2D eigenvalue weighted by Gasteiger charge is -2.10. The second-order valence-electron chi connectivity index (χ2n) is 5.75. The molecular weight excluding hydrogens is 339 g/mol. The summed E-state index contributed by atoms with van der Waals surface area (Å²) in [5, 5.41) is 0. The van der Waals surface area contributed by atoms with Gasteiger partial charge >= 0.3 is 5.97 Å². The molecule has 1 aliphatic rings. The van der Waals surface area contributed by atoms with Gasteiger partial charge in [-0.15, -0.1) is 0 Å². The van der Waals surface area contributed by atoms with E-state index < -0.39 is 5.69 Å². The second kappa shape index (κ2) is 11.9. The van der Waals surface area contributed by atoms with Crippen LogP contribution in [-0.2, 0) is 30.4 Å². The van der Waals surface area contributed by atoms with Gasteiger partial charge in [0.2, 0.25) is 5.69 Å². The van der Waals surface area contributed by atoms with Gasteiger partial charge in [0, 0.05) is 6.42 Å². The summed E-state index contributed by atoms with van der Waals surface area (Å²) in [7, 11) is 0. The van der Waals surface area contributed by atoms with Crippen LogP contribution in [0.2, 0.25) is 0 Å². The summed E-state index contributed by atoms with van der Waals surface area (Å²) in [6.07, 6.45) is 11.4. The van der Waals surface area contributed by atoms with E-state index in [1.807, 2.05) is 0 Å². The van der Waals surface area contributed by atoms with Crippen molar-refractivity contribution >= 4 is 35.7 Å². The van der Waals surface area contributed by atoms with Gasteiger partial charge in [-0.1, -0.05) is 70.5 Å². The molecule has 2 atom stereocenters. The van der Waals surface area contributed by atoms with Crippen molar-refractivity contribution < 1.29 is 18.6 Å². The summed E-state index contributed by atoms with van der Waals surface area (Å²) in [5.41, 5.74) is -2.37. The fourth-order valence-electron chi connectivity index (χ4n) is 2.34. The molecule has 0 N–H and O–H groups in total. The number of ether oxygens (including phenoxy) is 1. The zero-order valence-electron chi connectivity index (χ0n) is 13.5. The summed E-state index contributed by atoms with van der Waals surface area (Å²) in [6.45, 7) is 2.82. The number of carbonyl (C=O) groups is 1. The Balaban J connectivity index is 1.88. The molecule has 2 unspecified atom stereocenters. The Morgan fingerprint density at radius 2 is 1.77 bits per heavy atom. The summed E-state index contributed by atoms with van der Waals surface area (Å²) in [6, 6.07) is 0. The van der Waals surface area contributed by atoms with Gasteiger partial charge in [-0.3, -0.25) is 4.79 Å². The minimum Gasteiger partial charge on any atom is -0.463 e. The summed E-state index contributed by atoms with van der Waals surface area (Å²) in [5.74, 6) is -0.161. The molecule has 1 saturated heterocycles. The molecule has 0 saturated carbocycles. The number of carbonyl (C=O) groups excluding carboxylic acids is 1. The largest absolute Gasteiger partial charge is 0.463 e. The zero-order valence-corrected chi connectivity index (χ0v) is 16.1. The third kappa shape index (κ3) is 10.2. The normalized spacial score (nSPS) is 24.5. The van der Waals surface area contributed by atoms with Crippen LogP contribution in [-0.4, -0.2) is 25.3 Å². The van der Waals surface area contributed by atoms with Crippen LogP contribution < -0.4 is 0 Å². The van der Waals surface area contributed by atoms with Crippen LogP contribution in [0, 0.1) is 0 Å². The van der Waals surface area contributed by atoms with E-state index >= 15 is 0 Å². The number of esters is 1. The van der Waals surface area contributed by atoms with Gasteiger partial charge in [0.25, 0.3) is 0 Å². The van der Waals surface area contributed by atoms with E-state index in [9.17, 15) is 4.79 Å². The van der Waals surface area contributed by atoms with Gasteiger partial charge in [0.05, 0.1) is 6.61 Å². The third-order valence-corrected chi connectivity index (χ3v) is 5.86. The second-order valence-corrected chi connectivity index (χ2v) is 11.0. The molecule has 130 valence electrons. The van der Waals surface area contributed by atoms with E-state index in [2.05, 4.69) is 19.2 Å². The van der Waals surface area contributed by atoms with Crippen molar-refractivity contribution in [2.24, 2.45) is 0 Å². The van der Waals surface area contributed by atoms with Crippen LogP contribution in [0.25, 0.3) is 0 Å². The van der Waals surface area contributed by atoms with E-state index in [0.29, 0.717) is 13.0 Å². The average Bonchev–Trinajstić information content (AvgIpc) is 2.83. The molecule has 7 heteroatoms. The number of rotatable bonds is 12. The van der Waals surface area contributed by atoms with Crippen molar-refractivity contribution in [3.8, 4) is 0 Å². The lowest BCUT2D eigenvalue weighted by atomic mass is 10.1. The fourth-order valence-corrected chi connectivity index (χ4v) is 4.40. The van der Waals surface area contributed by atoms with Gasteiger partial charge in [0.1, 0.15) is 12.7 Å². The van der Waals surface area contributed by atoms with Crippen molar-refractivity contribution in [2.75, 3.05) is 13.2 Å². The molecular formula is C15H29O4PS2. The Labute approximate surface area is 145 Å². The van der Waals surface area contributed by atoms with E-state index in [1.54, 1.807) is 0 Å². The lowest BCUT2D eigenvalue weighted by Crippen LogP contribution is -2.20. The SMILES string of the molecule is CCCCCCCCCCCC(=O)OCC1COP(=S)(S)O1. The maximum Gasteiger partial charge on any atom is 0.305 e. The summed E-state index contributed by atoms with van der Waals surface area (Å²) in [4.78, 5) is 11.6. The first kappa shape index (κ1) is 20.4. The van der Waals surface area contributed by atoms with Crippen LogP contribution >= 0.6 is 17.9 Å². The highest BCUT2D eigenvalue weighted by molar-refractivity contribution is 8.60. The van der Waals surface area contributed by atoms with Crippen LogP contribution in [0.4, 0.5) is 0 Å². The van der Waals surface area contributed by atoms with Gasteiger partial charge in [-0.2, -0.15) is 0 Å². The molecule has 0 spiro atoms. The van der Waals surface area contributed by atoms with E-state index in [-0.39, 0.29) is 18.7 Å². The number of unbranched alkanes of at least 4 members (excludes halogenated alkanes) is 8. The average molecular weight is 369 g/mol. The molecule has 22 heavy (non-hydrogen) atoms. The standard InChI is InChI=1S/C15H29O4PS2/c1-2-3-4-5-6-7-8-9-10-11-15(16)17-12-14-13-18-20(21,22)19-14/h14H,2-13H2,1H3,(H,21,22). The van der Waals surface area contributed by atoms with Crippen LogP contribution in [0.3, 0.4) is 0 Å². The minimum atomic E-state index is -2.37. The quantitative estimate of drug-likeness (QED) is 0.227. The molecule has 0 aromatic carbocycles. The number of thiol groups is 1. The summed E-state index contributed by atoms with van der Waals surface area (Å²) < 4.78 is 15.8. The highest BCUT2D eigenvalue weighted by Crippen LogP contribution is 2.58. The molecule has 0 aliphatic carbocycles. The Morgan fingerprint density at radius 3 is 2.32 bits per heavy atom. The molecule has 1 fully saturated rings. The minimum absolute atomic E-state index is 0.161. The van der Waals surface area contributed by atoms with Gasteiger partial charge < -0.3 is 13.8 Å². The number of hydrogen-bond acceptors (Lipinski definition) is 5. The highest BCUT2D eigenvalue weighted by atomic mass is 32.9. The molecule has 0 radical (unpaired) electrons. The highest BCUT2D eigenvalue weighted by Gasteiger charge is 2.30. The van der Waals surface area contributed by atoms with Crippen LogP contribution in [0.1, 0.15) is 71.1 Å². The van der Waals surface area contributed by atoms with Crippen molar-refractivity contribution in [1.82, 2.24) is 0 Å². The van der Waals surface area contributed by atoms with E-state index in [1.165, 1.54) is 44.9 Å². The van der Waals surface area contributed by atoms with Crippen molar-refractivity contribution in [3.05, 3.63) is 0 Å². The van der Waals surface area contributed by atoms with Crippen LogP contribution in [0.5, 0.6) is 0 Å². The Hall–Kier alpha value is 0.390. The molecule has 0 amide bonds. The topological polar surface area (TPSA) is 44.8 Å². The molecule has 0 aromatic rings. The molecule has 0 bridgehead atoms. The van der Waals surface area contributed by atoms with Crippen molar-refractivity contribution in [1.29, 1.82) is 0 Å². The smallest absolute Gasteiger partial charge is 0.305 e.